The van der Waals surface area contributed by atoms with Gasteiger partial charge in [0.05, 0.1) is 5.52 Å². The second-order valence-corrected chi connectivity index (χ2v) is 3.69. The minimum Gasteiger partial charge on any atom is -0.408 e. The summed E-state index contributed by atoms with van der Waals surface area (Å²) in [5.41, 5.74) is 7.94. The van der Waals surface area contributed by atoms with E-state index in [-0.39, 0.29) is 6.04 Å². The maximum absolute atomic E-state index is 11.0. The van der Waals surface area contributed by atoms with Crippen LogP contribution in [0.4, 0.5) is 0 Å². The van der Waals surface area contributed by atoms with E-state index in [1.165, 1.54) is 0 Å². The van der Waals surface area contributed by atoms with Gasteiger partial charge < -0.3 is 15.5 Å². The summed E-state index contributed by atoms with van der Waals surface area (Å²) in [5.74, 6) is -0.424. The summed E-state index contributed by atoms with van der Waals surface area (Å²) in [5, 5.41) is 3.19. The SMILES string of the molecule is CNC(CCN)c1ccc2oc(=O)[nH]c2c1. The van der Waals surface area contributed by atoms with E-state index in [1.54, 1.807) is 6.07 Å². The molecule has 0 aliphatic rings. The zero-order valence-corrected chi connectivity index (χ0v) is 9.12. The van der Waals surface area contributed by atoms with Crippen LogP contribution in [0.25, 0.3) is 11.1 Å². The van der Waals surface area contributed by atoms with Gasteiger partial charge in [-0.05, 0) is 37.7 Å². The summed E-state index contributed by atoms with van der Waals surface area (Å²) in [6, 6.07) is 5.85. The van der Waals surface area contributed by atoms with Crippen LogP contribution in [-0.2, 0) is 0 Å². The van der Waals surface area contributed by atoms with Crippen LogP contribution in [0.5, 0.6) is 0 Å². The van der Waals surface area contributed by atoms with Gasteiger partial charge in [-0.3, -0.25) is 4.98 Å². The number of nitrogens with one attached hydrogen (secondary N) is 2. The third-order valence-corrected chi connectivity index (χ3v) is 2.65. The van der Waals surface area contributed by atoms with Crippen molar-refractivity contribution in [1.82, 2.24) is 10.3 Å². The summed E-state index contributed by atoms with van der Waals surface area (Å²) in [4.78, 5) is 13.6. The van der Waals surface area contributed by atoms with Crippen molar-refractivity contribution in [2.75, 3.05) is 13.6 Å². The van der Waals surface area contributed by atoms with Crippen molar-refractivity contribution in [2.45, 2.75) is 12.5 Å². The van der Waals surface area contributed by atoms with Crippen LogP contribution in [0.2, 0.25) is 0 Å². The first kappa shape index (κ1) is 10.9. The van der Waals surface area contributed by atoms with E-state index in [9.17, 15) is 4.79 Å². The molecule has 0 bridgehead atoms. The Morgan fingerprint density at radius 2 is 2.38 bits per heavy atom. The Hall–Kier alpha value is -1.59. The van der Waals surface area contributed by atoms with Crippen molar-refractivity contribution in [3.63, 3.8) is 0 Å². The van der Waals surface area contributed by atoms with E-state index < -0.39 is 5.76 Å². The van der Waals surface area contributed by atoms with Crippen molar-refractivity contribution in [1.29, 1.82) is 0 Å². The van der Waals surface area contributed by atoms with E-state index in [2.05, 4.69) is 10.3 Å². The Balaban J connectivity index is 2.40. The van der Waals surface area contributed by atoms with Crippen LogP contribution < -0.4 is 16.8 Å². The first-order chi connectivity index (χ1) is 7.74. The predicted octanol–water partition coefficient (Wildman–Crippen LogP) is 0.730. The minimum absolute atomic E-state index is 0.202. The molecule has 0 fully saturated rings. The van der Waals surface area contributed by atoms with Gasteiger partial charge in [0.2, 0.25) is 0 Å². The average Bonchev–Trinajstić information content (AvgIpc) is 2.64. The smallest absolute Gasteiger partial charge is 0.408 e. The molecule has 1 unspecified atom stereocenters. The van der Waals surface area contributed by atoms with Gasteiger partial charge in [-0.15, -0.1) is 0 Å². The van der Waals surface area contributed by atoms with Crippen molar-refractivity contribution >= 4 is 11.1 Å². The average molecular weight is 221 g/mol. The molecule has 4 N–H and O–H groups in total. The highest BCUT2D eigenvalue weighted by Gasteiger charge is 2.10. The lowest BCUT2D eigenvalue weighted by Crippen LogP contribution is -2.19. The van der Waals surface area contributed by atoms with Gasteiger partial charge in [-0.25, -0.2) is 4.79 Å². The van der Waals surface area contributed by atoms with Gasteiger partial charge in [0.1, 0.15) is 0 Å². The van der Waals surface area contributed by atoms with Gasteiger partial charge in [0.25, 0.3) is 0 Å². The Bertz CT molecular complexity index is 529. The molecule has 0 amide bonds. The quantitative estimate of drug-likeness (QED) is 0.710. The zero-order valence-electron chi connectivity index (χ0n) is 9.12. The number of aromatic nitrogens is 1. The van der Waals surface area contributed by atoms with Crippen molar-refractivity contribution in [3.05, 3.63) is 34.3 Å². The maximum Gasteiger partial charge on any atom is 0.417 e. The molecule has 1 aromatic heterocycles. The molecule has 2 rings (SSSR count). The van der Waals surface area contributed by atoms with E-state index in [1.807, 2.05) is 19.2 Å². The topological polar surface area (TPSA) is 84.0 Å². The third kappa shape index (κ3) is 2.00. The monoisotopic (exact) mass is 221 g/mol. The predicted molar refractivity (Wildman–Crippen MR) is 62.3 cm³/mol. The van der Waals surface area contributed by atoms with Gasteiger partial charge in [0.15, 0.2) is 5.58 Å². The number of rotatable bonds is 4. The molecule has 2 aromatic rings. The lowest BCUT2D eigenvalue weighted by Gasteiger charge is -2.15. The molecular formula is C11H15N3O2. The van der Waals surface area contributed by atoms with Crippen LogP contribution in [0.1, 0.15) is 18.0 Å². The summed E-state index contributed by atoms with van der Waals surface area (Å²) >= 11 is 0. The van der Waals surface area contributed by atoms with Crippen LogP contribution >= 0.6 is 0 Å². The van der Waals surface area contributed by atoms with Gasteiger partial charge in [-0.2, -0.15) is 0 Å². The summed E-state index contributed by atoms with van der Waals surface area (Å²) in [6.07, 6.45) is 0.851. The number of hydrogen-bond donors (Lipinski definition) is 3. The van der Waals surface area contributed by atoms with Gasteiger partial charge in [-0.1, -0.05) is 6.07 Å². The molecule has 1 atom stereocenters. The lowest BCUT2D eigenvalue weighted by molar-refractivity contribution is 0.552. The van der Waals surface area contributed by atoms with Crippen LogP contribution in [0, 0.1) is 0 Å². The number of fused-ring (bicyclic) bond motifs is 1. The Kier molecular flexibility index (Phi) is 3.07. The second kappa shape index (κ2) is 4.51. The van der Waals surface area contributed by atoms with E-state index in [0.29, 0.717) is 12.1 Å². The zero-order chi connectivity index (χ0) is 11.5. The third-order valence-electron chi connectivity index (χ3n) is 2.65. The highest BCUT2D eigenvalue weighted by atomic mass is 16.4. The molecule has 0 aliphatic carbocycles. The fourth-order valence-corrected chi connectivity index (χ4v) is 1.83. The Morgan fingerprint density at radius 3 is 3.06 bits per heavy atom. The summed E-state index contributed by atoms with van der Waals surface area (Å²) < 4.78 is 4.94. The molecule has 1 heterocycles. The number of oxazole rings is 1. The van der Waals surface area contributed by atoms with E-state index in [0.717, 1.165) is 17.5 Å². The number of H-pyrrole nitrogens is 1. The number of nitrogens with two attached hydrogens (primary N) is 1. The van der Waals surface area contributed by atoms with E-state index >= 15 is 0 Å². The van der Waals surface area contributed by atoms with Crippen molar-refractivity contribution < 1.29 is 4.42 Å². The maximum atomic E-state index is 11.0. The normalized spacial score (nSPS) is 13.1. The van der Waals surface area contributed by atoms with Crippen molar-refractivity contribution in [2.24, 2.45) is 5.73 Å². The molecule has 1 aromatic carbocycles. The molecular weight excluding hydrogens is 206 g/mol. The molecule has 16 heavy (non-hydrogen) atoms. The van der Waals surface area contributed by atoms with Crippen LogP contribution in [-0.4, -0.2) is 18.6 Å². The summed E-state index contributed by atoms with van der Waals surface area (Å²) in [7, 11) is 1.89. The van der Waals surface area contributed by atoms with Crippen molar-refractivity contribution in [3.8, 4) is 0 Å². The minimum atomic E-state index is -0.424. The molecule has 5 heteroatoms. The first-order valence-electron chi connectivity index (χ1n) is 5.24. The van der Waals surface area contributed by atoms with E-state index in [4.69, 9.17) is 10.2 Å². The Labute approximate surface area is 92.6 Å². The molecule has 0 saturated carbocycles. The fraction of sp³-hybridized carbons (Fsp3) is 0.364. The number of hydrogen-bond acceptors (Lipinski definition) is 4. The molecule has 0 saturated heterocycles. The standard InChI is InChI=1S/C11H15N3O2/c1-13-8(4-5-12)7-2-3-10-9(6-7)14-11(15)16-10/h2-3,6,8,13H,4-5,12H2,1H3,(H,14,15). The second-order valence-electron chi connectivity index (χ2n) is 3.69. The Morgan fingerprint density at radius 1 is 1.56 bits per heavy atom. The lowest BCUT2D eigenvalue weighted by atomic mass is 10.0. The van der Waals surface area contributed by atoms with Crippen LogP contribution in [0.3, 0.4) is 0 Å². The van der Waals surface area contributed by atoms with Gasteiger partial charge in [0, 0.05) is 6.04 Å². The fourth-order valence-electron chi connectivity index (χ4n) is 1.83. The highest BCUT2D eigenvalue weighted by molar-refractivity contribution is 5.72. The molecule has 86 valence electrons. The molecule has 0 aliphatic heterocycles. The van der Waals surface area contributed by atoms with Gasteiger partial charge >= 0.3 is 5.76 Å². The highest BCUT2D eigenvalue weighted by Crippen LogP contribution is 2.20. The summed E-state index contributed by atoms with van der Waals surface area (Å²) in [6.45, 7) is 0.617. The molecule has 0 radical (unpaired) electrons. The number of benzene rings is 1. The molecule has 0 spiro atoms. The molecule has 5 nitrogen and oxygen atoms in total. The number of aromatic amines is 1. The first-order valence-corrected chi connectivity index (χ1v) is 5.24. The van der Waals surface area contributed by atoms with Crippen LogP contribution in [0.15, 0.2) is 27.4 Å². The largest absolute Gasteiger partial charge is 0.417 e.